The first kappa shape index (κ1) is 20.2. The van der Waals surface area contributed by atoms with Gasteiger partial charge in [0.15, 0.2) is 0 Å². The number of rotatable bonds is 4. The van der Waals surface area contributed by atoms with Gasteiger partial charge < -0.3 is 16.0 Å². The Morgan fingerprint density at radius 3 is 2.76 bits per heavy atom. The van der Waals surface area contributed by atoms with Crippen LogP contribution in [0.1, 0.15) is 32.1 Å². The minimum absolute atomic E-state index is 0. The number of carbonyl (C=O) groups is 2. The number of benzene rings is 1. The van der Waals surface area contributed by atoms with Crippen molar-refractivity contribution in [2.24, 2.45) is 17.6 Å². The number of nitrogens with two attached hydrogens (primary N) is 1. The molecule has 3 N–H and O–H groups in total. The molecule has 2 fully saturated rings. The molecule has 2 amide bonds. The number of nitrogens with zero attached hydrogens (tertiary/aromatic N) is 1. The molecule has 25 heavy (non-hydrogen) atoms. The number of hydrogen-bond donors (Lipinski definition) is 2. The normalized spacial score (nSPS) is 26.2. The molecule has 0 bridgehead atoms. The molecule has 1 heterocycles. The predicted octanol–water partition coefficient (Wildman–Crippen LogP) is 2.86. The summed E-state index contributed by atoms with van der Waals surface area (Å²) in [4.78, 5) is 27.0. The van der Waals surface area contributed by atoms with Crippen molar-refractivity contribution >= 4 is 45.8 Å². The number of nitrogens with one attached hydrogen (secondary N) is 1. The molecule has 1 aliphatic carbocycles. The second-order valence-electron chi connectivity index (χ2n) is 6.71. The van der Waals surface area contributed by atoms with Crippen molar-refractivity contribution in [2.75, 3.05) is 18.0 Å². The molecule has 3 unspecified atom stereocenters. The van der Waals surface area contributed by atoms with E-state index in [1.54, 1.807) is 4.90 Å². The van der Waals surface area contributed by atoms with Gasteiger partial charge in [0, 0.05) is 22.7 Å². The zero-order valence-electron chi connectivity index (χ0n) is 14.1. The third-order valence-electron chi connectivity index (χ3n) is 5.18. The van der Waals surface area contributed by atoms with E-state index in [-0.39, 0.29) is 30.3 Å². The van der Waals surface area contributed by atoms with E-state index >= 15 is 0 Å². The molecule has 1 aliphatic heterocycles. The fourth-order valence-electron chi connectivity index (χ4n) is 3.79. The second-order valence-corrected chi connectivity index (χ2v) is 7.62. The van der Waals surface area contributed by atoms with Gasteiger partial charge in [-0.15, -0.1) is 12.4 Å². The van der Waals surface area contributed by atoms with E-state index in [2.05, 4.69) is 21.2 Å². The molecule has 1 aromatic carbocycles. The summed E-state index contributed by atoms with van der Waals surface area (Å²) in [5, 5.41) is 3.10. The van der Waals surface area contributed by atoms with E-state index in [0.29, 0.717) is 25.4 Å². The van der Waals surface area contributed by atoms with Crippen LogP contribution in [0.15, 0.2) is 28.7 Å². The zero-order valence-corrected chi connectivity index (χ0v) is 16.5. The standard InChI is InChI=1S/C18H24BrN3O2.ClH/c19-13-5-3-6-14(10-13)22-9-8-15(18(22)24)17(23)21-16-7-2-1-4-12(16)11-20;/h3,5-6,10,12,15-16H,1-2,4,7-9,11,20H2,(H,21,23);1H. The largest absolute Gasteiger partial charge is 0.352 e. The lowest BCUT2D eigenvalue weighted by Gasteiger charge is -2.31. The SMILES string of the molecule is Cl.NCC1CCCCC1NC(=O)C1CCN(c2cccc(Br)c2)C1=O. The molecule has 5 nitrogen and oxygen atoms in total. The van der Waals surface area contributed by atoms with Crippen molar-refractivity contribution in [3.63, 3.8) is 0 Å². The lowest BCUT2D eigenvalue weighted by atomic mass is 9.84. The monoisotopic (exact) mass is 429 g/mol. The van der Waals surface area contributed by atoms with Crippen LogP contribution in [-0.4, -0.2) is 30.9 Å². The van der Waals surface area contributed by atoms with Gasteiger partial charge in [-0.25, -0.2) is 0 Å². The molecule has 1 saturated heterocycles. The highest BCUT2D eigenvalue weighted by atomic mass is 79.9. The van der Waals surface area contributed by atoms with Crippen LogP contribution in [0.3, 0.4) is 0 Å². The fraction of sp³-hybridized carbons (Fsp3) is 0.556. The first-order valence-corrected chi connectivity index (χ1v) is 9.47. The minimum atomic E-state index is -0.579. The predicted molar refractivity (Wildman–Crippen MR) is 105 cm³/mol. The number of anilines is 1. The molecule has 2 aliphatic rings. The Morgan fingerprint density at radius 2 is 2.04 bits per heavy atom. The molecule has 3 rings (SSSR count). The molecular weight excluding hydrogens is 406 g/mol. The van der Waals surface area contributed by atoms with Gasteiger partial charge in [0.1, 0.15) is 5.92 Å². The van der Waals surface area contributed by atoms with E-state index < -0.39 is 5.92 Å². The maximum absolute atomic E-state index is 12.7. The Hall–Kier alpha value is -1.11. The maximum atomic E-state index is 12.7. The van der Waals surface area contributed by atoms with Crippen molar-refractivity contribution in [3.8, 4) is 0 Å². The summed E-state index contributed by atoms with van der Waals surface area (Å²) in [7, 11) is 0. The summed E-state index contributed by atoms with van der Waals surface area (Å²) in [5.74, 6) is -0.488. The summed E-state index contributed by atoms with van der Waals surface area (Å²) in [6.45, 7) is 1.17. The number of carbonyl (C=O) groups excluding carboxylic acids is 2. The first-order valence-electron chi connectivity index (χ1n) is 8.67. The summed E-state index contributed by atoms with van der Waals surface area (Å²) < 4.78 is 0.925. The van der Waals surface area contributed by atoms with Crippen molar-refractivity contribution in [2.45, 2.75) is 38.1 Å². The summed E-state index contributed by atoms with van der Waals surface area (Å²) in [6.07, 6.45) is 4.88. The Bertz CT molecular complexity index is 628. The summed E-state index contributed by atoms with van der Waals surface area (Å²) in [6, 6.07) is 7.74. The van der Waals surface area contributed by atoms with Crippen molar-refractivity contribution < 1.29 is 9.59 Å². The molecule has 3 atom stereocenters. The van der Waals surface area contributed by atoms with Gasteiger partial charge >= 0.3 is 0 Å². The van der Waals surface area contributed by atoms with Gasteiger partial charge in [0.05, 0.1) is 0 Å². The topological polar surface area (TPSA) is 75.4 Å². The zero-order chi connectivity index (χ0) is 17.1. The molecule has 0 spiro atoms. The van der Waals surface area contributed by atoms with E-state index in [1.807, 2.05) is 24.3 Å². The Balaban J connectivity index is 0.00000225. The van der Waals surface area contributed by atoms with Gasteiger partial charge in [-0.3, -0.25) is 9.59 Å². The van der Waals surface area contributed by atoms with E-state index in [4.69, 9.17) is 5.73 Å². The summed E-state index contributed by atoms with van der Waals surface area (Å²) >= 11 is 3.42. The Kier molecular flexibility index (Phi) is 7.28. The van der Waals surface area contributed by atoms with Gasteiger partial charge in [-0.05, 0) is 49.9 Å². The Morgan fingerprint density at radius 1 is 1.28 bits per heavy atom. The van der Waals surface area contributed by atoms with Crippen LogP contribution in [0.5, 0.6) is 0 Å². The lowest BCUT2D eigenvalue weighted by Crippen LogP contribution is -2.48. The van der Waals surface area contributed by atoms with Crippen LogP contribution >= 0.6 is 28.3 Å². The number of halogens is 2. The first-order chi connectivity index (χ1) is 11.6. The van der Waals surface area contributed by atoms with Gasteiger partial charge in [-0.2, -0.15) is 0 Å². The van der Waals surface area contributed by atoms with Crippen molar-refractivity contribution in [1.82, 2.24) is 5.32 Å². The highest BCUT2D eigenvalue weighted by Crippen LogP contribution is 2.29. The Labute approximate surface area is 163 Å². The fourth-order valence-corrected chi connectivity index (χ4v) is 4.17. The lowest BCUT2D eigenvalue weighted by molar-refractivity contribution is -0.133. The van der Waals surface area contributed by atoms with Crippen LogP contribution in [0, 0.1) is 11.8 Å². The highest BCUT2D eigenvalue weighted by molar-refractivity contribution is 9.10. The third-order valence-corrected chi connectivity index (χ3v) is 5.67. The number of amides is 2. The van der Waals surface area contributed by atoms with Crippen LogP contribution in [0.25, 0.3) is 0 Å². The highest BCUT2D eigenvalue weighted by Gasteiger charge is 2.39. The molecule has 1 saturated carbocycles. The van der Waals surface area contributed by atoms with Crippen molar-refractivity contribution in [3.05, 3.63) is 28.7 Å². The second kappa shape index (κ2) is 9.01. The number of hydrogen-bond acceptors (Lipinski definition) is 3. The molecule has 1 aromatic rings. The van der Waals surface area contributed by atoms with Crippen molar-refractivity contribution in [1.29, 1.82) is 0 Å². The molecular formula is C18H25BrClN3O2. The maximum Gasteiger partial charge on any atom is 0.239 e. The molecule has 0 radical (unpaired) electrons. The van der Waals surface area contributed by atoms with E-state index in [9.17, 15) is 9.59 Å². The van der Waals surface area contributed by atoms with Gasteiger partial charge in [-0.1, -0.05) is 34.8 Å². The molecule has 0 aromatic heterocycles. The van der Waals surface area contributed by atoms with Crippen LogP contribution in [0.4, 0.5) is 5.69 Å². The molecule has 138 valence electrons. The third kappa shape index (κ3) is 4.54. The average molecular weight is 431 g/mol. The minimum Gasteiger partial charge on any atom is -0.352 e. The van der Waals surface area contributed by atoms with Gasteiger partial charge in [0.2, 0.25) is 11.8 Å². The molecule has 7 heteroatoms. The van der Waals surface area contributed by atoms with E-state index in [1.165, 1.54) is 6.42 Å². The van der Waals surface area contributed by atoms with E-state index in [0.717, 1.165) is 29.4 Å². The van der Waals surface area contributed by atoms with Crippen LogP contribution < -0.4 is 16.0 Å². The van der Waals surface area contributed by atoms with Crippen LogP contribution in [0.2, 0.25) is 0 Å². The summed E-state index contributed by atoms with van der Waals surface area (Å²) in [5.41, 5.74) is 6.67. The quantitative estimate of drug-likeness (QED) is 0.721. The smallest absolute Gasteiger partial charge is 0.239 e. The van der Waals surface area contributed by atoms with Crippen LogP contribution in [-0.2, 0) is 9.59 Å². The average Bonchev–Trinajstić information content (AvgIpc) is 2.97. The van der Waals surface area contributed by atoms with Gasteiger partial charge in [0.25, 0.3) is 0 Å².